The molecule has 0 aliphatic heterocycles. The van der Waals surface area contributed by atoms with Crippen molar-refractivity contribution in [1.82, 2.24) is 0 Å². The molecular weight excluding hydrogens is 619 g/mol. The fourth-order valence-electron chi connectivity index (χ4n) is 6.59. The first-order valence-corrected chi connectivity index (χ1v) is 19.1. The van der Waals surface area contributed by atoms with Crippen LogP contribution in [0.5, 0.6) is 11.5 Å². The van der Waals surface area contributed by atoms with Gasteiger partial charge in [-0.2, -0.15) is 0 Å². The molecule has 0 saturated heterocycles. The zero-order chi connectivity index (χ0) is 35.6. The molecule has 0 heterocycles. The monoisotopic (exact) mass is 674 g/mol. The van der Waals surface area contributed by atoms with Gasteiger partial charge in [0.05, 0.1) is 12.1 Å². The van der Waals surface area contributed by atoms with E-state index in [1.807, 2.05) is 12.4 Å². The predicted octanol–water partition coefficient (Wildman–Crippen LogP) is 9.60. The van der Waals surface area contributed by atoms with Crippen LogP contribution in [-0.2, 0) is 16.2 Å². The number of phenols is 2. The topological polar surface area (TPSA) is 65.2 Å². The fourth-order valence-corrected chi connectivity index (χ4v) is 8.95. The number of rotatable bonds is 7. The van der Waals surface area contributed by atoms with Crippen molar-refractivity contribution < 1.29 is 10.2 Å². The Labute approximate surface area is 296 Å². The Kier molecular flexibility index (Phi) is 10.9. The summed E-state index contributed by atoms with van der Waals surface area (Å²) in [5, 5.41) is 26.8. The number of hydrogen-bond donors (Lipinski definition) is 2. The molecule has 0 aromatic heterocycles. The first-order chi connectivity index (χ1) is 23.0. The highest BCUT2D eigenvalue weighted by molar-refractivity contribution is 7.79. The molecule has 0 unspecified atom stereocenters. The molecule has 2 N–H and O–H groups in total. The minimum absolute atomic E-state index is 0.000970. The molecule has 4 nitrogen and oxygen atoms in total. The highest BCUT2D eigenvalue weighted by Gasteiger charge is 2.28. The van der Waals surface area contributed by atoms with Crippen molar-refractivity contribution in [3.63, 3.8) is 0 Å². The van der Waals surface area contributed by atoms with Gasteiger partial charge in [0.15, 0.2) is 0 Å². The standard InChI is InChI=1S/C44H55N2O2P/c1-42(2,3)32-24-30(40(47)36(26-32)43(4,5)6)28-45-38-22-16-17-23-39(38)46-29-31-25-35(27-37(41(31)48)44(7,8)9)49(33-18-12-10-13-19-33)34-20-14-11-15-21-34/h10-15,18-21,24-29,38-39,47-48H,16-17,22-23H2,1-9H3/b45-28+,46-29+/t38-,39-/m0/s1. The summed E-state index contributed by atoms with van der Waals surface area (Å²) in [4.78, 5) is 10.3. The van der Waals surface area contributed by atoms with Gasteiger partial charge in [0, 0.05) is 34.7 Å². The van der Waals surface area contributed by atoms with Crippen molar-refractivity contribution in [2.24, 2.45) is 9.98 Å². The highest BCUT2D eigenvalue weighted by Crippen LogP contribution is 2.40. The third-order valence-electron chi connectivity index (χ3n) is 9.54. The van der Waals surface area contributed by atoms with E-state index in [9.17, 15) is 10.2 Å². The first-order valence-electron chi connectivity index (χ1n) is 17.8. The molecule has 0 radical (unpaired) electrons. The van der Waals surface area contributed by atoms with Crippen LogP contribution < -0.4 is 15.9 Å². The molecule has 258 valence electrons. The summed E-state index contributed by atoms with van der Waals surface area (Å²) in [5.74, 6) is 0.607. The lowest BCUT2D eigenvalue weighted by Gasteiger charge is -2.28. The predicted molar refractivity (Wildman–Crippen MR) is 212 cm³/mol. The number of nitrogens with zero attached hydrogens (tertiary/aromatic N) is 2. The van der Waals surface area contributed by atoms with Crippen molar-refractivity contribution in [3.05, 3.63) is 113 Å². The lowest BCUT2D eigenvalue weighted by Crippen LogP contribution is -2.27. The lowest BCUT2D eigenvalue weighted by molar-refractivity contribution is 0.390. The highest BCUT2D eigenvalue weighted by atomic mass is 31.1. The van der Waals surface area contributed by atoms with Crippen LogP contribution in [0.3, 0.4) is 0 Å². The van der Waals surface area contributed by atoms with Crippen molar-refractivity contribution in [2.45, 2.75) is 116 Å². The number of aromatic hydroxyl groups is 2. The van der Waals surface area contributed by atoms with Gasteiger partial charge in [0.1, 0.15) is 11.5 Å². The van der Waals surface area contributed by atoms with Gasteiger partial charge >= 0.3 is 0 Å². The van der Waals surface area contributed by atoms with Crippen LogP contribution in [0.15, 0.2) is 94.9 Å². The van der Waals surface area contributed by atoms with Crippen LogP contribution in [0.2, 0.25) is 0 Å². The van der Waals surface area contributed by atoms with E-state index in [1.54, 1.807) is 0 Å². The van der Waals surface area contributed by atoms with E-state index in [1.165, 1.54) is 21.5 Å². The third-order valence-corrected chi connectivity index (χ3v) is 11.9. The summed E-state index contributed by atoms with van der Waals surface area (Å²) >= 11 is 0. The summed E-state index contributed by atoms with van der Waals surface area (Å²) in [6.07, 6.45) is 7.85. The molecule has 4 aromatic carbocycles. The summed E-state index contributed by atoms with van der Waals surface area (Å²) in [6, 6.07) is 30.0. The van der Waals surface area contributed by atoms with Gasteiger partial charge in [0.25, 0.3) is 0 Å². The lowest BCUT2D eigenvalue weighted by atomic mass is 9.79. The number of phenolic OH excluding ortho intramolecular Hbond substituents is 2. The van der Waals surface area contributed by atoms with Gasteiger partial charge in [-0.3, -0.25) is 9.98 Å². The molecule has 5 rings (SSSR count). The van der Waals surface area contributed by atoms with Gasteiger partial charge < -0.3 is 10.2 Å². The van der Waals surface area contributed by atoms with Gasteiger partial charge in [-0.1, -0.05) is 142 Å². The van der Waals surface area contributed by atoms with Gasteiger partial charge in [-0.25, -0.2) is 0 Å². The third kappa shape index (κ3) is 8.71. The van der Waals surface area contributed by atoms with E-state index >= 15 is 0 Å². The number of benzene rings is 4. The second-order valence-corrected chi connectivity index (χ2v) is 18.8. The van der Waals surface area contributed by atoms with Crippen LogP contribution in [0.1, 0.15) is 116 Å². The average molecular weight is 675 g/mol. The summed E-state index contributed by atoms with van der Waals surface area (Å²) in [5.41, 5.74) is 4.05. The molecule has 49 heavy (non-hydrogen) atoms. The van der Waals surface area contributed by atoms with Crippen molar-refractivity contribution >= 4 is 36.3 Å². The minimum Gasteiger partial charge on any atom is -0.507 e. The smallest absolute Gasteiger partial charge is 0.128 e. The quantitative estimate of drug-likeness (QED) is 0.152. The fraction of sp³-hybridized carbons (Fsp3) is 0.409. The molecule has 1 aliphatic rings. The Morgan fingerprint density at radius 3 is 1.41 bits per heavy atom. The maximum Gasteiger partial charge on any atom is 0.128 e. The van der Waals surface area contributed by atoms with Crippen LogP contribution in [0.25, 0.3) is 0 Å². The first kappa shape index (κ1) is 36.5. The van der Waals surface area contributed by atoms with Crippen molar-refractivity contribution in [1.29, 1.82) is 0 Å². The molecule has 1 fully saturated rings. The summed E-state index contributed by atoms with van der Waals surface area (Å²) in [7, 11) is -0.849. The molecule has 4 aromatic rings. The van der Waals surface area contributed by atoms with Crippen molar-refractivity contribution in [2.75, 3.05) is 0 Å². The maximum atomic E-state index is 11.7. The Balaban J connectivity index is 1.54. The van der Waals surface area contributed by atoms with E-state index in [2.05, 4.69) is 147 Å². The van der Waals surface area contributed by atoms with Gasteiger partial charge in [-0.05, 0) is 76.7 Å². The van der Waals surface area contributed by atoms with Crippen LogP contribution in [-0.4, -0.2) is 34.7 Å². The molecular formula is C44H55N2O2P. The Bertz CT molecular complexity index is 1750. The second kappa shape index (κ2) is 14.6. The normalized spacial score (nSPS) is 17.8. The molecule has 0 bridgehead atoms. The second-order valence-electron chi connectivity index (χ2n) is 16.6. The molecule has 2 atom stereocenters. The van der Waals surface area contributed by atoms with Crippen LogP contribution >= 0.6 is 7.92 Å². The Morgan fingerprint density at radius 1 is 0.551 bits per heavy atom. The van der Waals surface area contributed by atoms with Crippen molar-refractivity contribution in [3.8, 4) is 11.5 Å². The molecule has 5 heteroatoms. The molecule has 1 saturated carbocycles. The summed E-state index contributed by atoms with van der Waals surface area (Å²) in [6.45, 7) is 19.5. The van der Waals surface area contributed by atoms with Crippen LogP contribution in [0, 0.1) is 0 Å². The maximum absolute atomic E-state index is 11.7. The molecule has 0 spiro atoms. The minimum atomic E-state index is -0.849. The largest absolute Gasteiger partial charge is 0.507 e. The molecule has 0 amide bonds. The zero-order valence-corrected chi connectivity index (χ0v) is 31.9. The van der Waals surface area contributed by atoms with E-state index in [-0.39, 0.29) is 28.3 Å². The van der Waals surface area contributed by atoms with E-state index in [0.29, 0.717) is 11.5 Å². The SMILES string of the molecule is CC(C)(C)c1cc(/C=N/[C@H]2CCCC[C@@H]2/N=C/c2cc(P(c3ccccc3)c3ccccc3)cc(C(C)(C)C)c2O)c(O)c(C(C)(C)C)c1. The zero-order valence-electron chi connectivity index (χ0n) is 31.0. The Hall–Kier alpha value is -3.75. The van der Waals surface area contributed by atoms with E-state index in [4.69, 9.17) is 9.98 Å². The number of hydrogen-bond acceptors (Lipinski definition) is 4. The van der Waals surface area contributed by atoms with E-state index in [0.717, 1.165) is 47.9 Å². The van der Waals surface area contributed by atoms with E-state index < -0.39 is 7.92 Å². The van der Waals surface area contributed by atoms with Gasteiger partial charge in [0.2, 0.25) is 0 Å². The van der Waals surface area contributed by atoms with Gasteiger partial charge in [-0.15, -0.1) is 0 Å². The number of aliphatic imine (C=N–C) groups is 2. The van der Waals surface area contributed by atoms with Crippen LogP contribution in [0.4, 0.5) is 0 Å². The molecule has 1 aliphatic carbocycles. The average Bonchev–Trinajstić information content (AvgIpc) is 3.04. The summed E-state index contributed by atoms with van der Waals surface area (Å²) < 4.78 is 0. The Morgan fingerprint density at radius 2 is 0.980 bits per heavy atom.